The average molecular weight is 646 g/mol. The Morgan fingerprint density at radius 3 is 2.32 bits per heavy atom. The standard InChI is InChI=1S/C33H43N9O5/c1-33(2,3)47-32(44)42-16-14-41(15-17-42)22-25-7-6-8-26(19-25)36-30-38-29(35-13-18-45-4)39-31(40-30)37-27(28(43)46-5)20-23-9-11-24(21-34)12-10-23/h6-12,19,27H,13-18,20,22H2,1-5H3,(H3,35,36,37,38,39,40)/t27-/m0/s1. The van der Waals surface area contributed by atoms with E-state index in [9.17, 15) is 9.59 Å². The maximum absolute atomic E-state index is 12.7. The van der Waals surface area contributed by atoms with Crippen molar-refractivity contribution in [2.24, 2.45) is 0 Å². The fourth-order valence-electron chi connectivity index (χ4n) is 4.83. The molecular formula is C33H43N9O5. The number of aromatic nitrogens is 3. The molecule has 1 aliphatic rings. The molecule has 2 aromatic carbocycles. The molecule has 0 radical (unpaired) electrons. The first-order valence-corrected chi connectivity index (χ1v) is 15.4. The number of anilines is 4. The van der Waals surface area contributed by atoms with Crippen LogP contribution in [0.4, 0.5) is 28.3 Å². The molecular weight excluding hydrogens is 602 g/mol. The van der Waals surface area contributed by atoms with E-state index >= 15 is 0 Å². The van der Waals surface area contributed by atoms with E-state index in [0.29, 0.717) is 44.3 Å². The molecule has 0 aliphatic carbocycles. The summed E-state index contributed by atoms with van der Waals surface area (Å²) in [5.41, 5.74) is 2.70. The van der Waals surface area contributed by atoms with E-state index in [1.54, 1.807) is 36.3 Å². The van der Waals surface area contributed by atoms with Crippen molar-refractivity contribution in [1.82, 2.24) is 24.8 Å². The molecule has 1 fully saturated rings. The highest BCUT2D eigenvalue weighted by Gasteiger charge is 2.26. The summed E-state index contributed by atoms with van der Waals surface area (Å²) in [6.07, 6.45) is 0.00525. The molecule has 3 N–H and O–H groups in total. The number of ether oxygens (including phenoxy) is 3. The Kier molecular flexibility index (Phi) is 12.3. The highest BCUT2D eigenvalue weighted by Crippen LogP contribution is 2.20. The van der Waals surface area contributed by atoms with Crippen LogP contribution in [0.3, 0.4) is 0 Å². The number of hydrogen-bond donors (Lipinski definition) is 3. The molecule has 14 nitrogen and oxygen atoms in total. The van der Waals surface area contributed by atoms with Gasteiger partial charge in [-0.3, -0.25) is 4.90 Å². The second-order valence-corrected chi connectivity index (χ2v) is 12.0. The third-order valence-electron chi connectivity index (χ3n) is 7.15. The summed E-state index contributed by atoms with van der Waals surface area (Å²) in [7, 11) is 2.93. The van der Waals surface area contributed by atoms with Gasteiger partial charge < -0.3 is 35.1 Å². The average Bonchev–Trinajstić information content (AvgIpc) is 3.04. The number of carbonyl (C=O) groups is 2. The lowest BCUT2D eigenvalue weighted by atomic mass is 10.0. The van der Waals surface area contributed by atoms with E-state index in [4.69, 9.17) is 19.5 Å². The summed E-state index contributed by atoms with van der Waals surface area (Å²) in [6.45, 7) is 9.89. The normalized spacial score (nSPS) is 14.1. The molecule has 0 saturated carbocycles. The number of rotatable bonds is 13. The van der Waals surface area contributed by atoms with Crippen molar-refractivity contribution >= 4 is 35.6 Å². The summed E-state index contributed by atoms with van der Waals surface area (Å²) < 4.78 is 15.7. The first kappa shape index (κ1) is 34.9. The minimum Gasteiger partial charge on any atom is -0.467 e. The van der Waals surface area contributed by atoms with Crippen molar-refractivity contribution in [2.75, 3.05) is 69.5 Å². The Balaban J connectivity index is 1.46. The number of amides is 1. The van der Waals surface area contributed by atoms with Gasteiger partial charge in [0.15, 0.2) is 0 Å². The minimum atomic E-state index is -0.797. The summed E-state index contributed by atoms with van der Waals surface area (Å²) in [4.78, 5) is 42.8. The zero-order chi connectivity index (χ0) is 33.8. The topological polar surface area (TPSA) is 167 Å². The first-order valence-electron chi connectivity index (χ1n) is 15.4. The predicted octanol–water partition coefficient (Wildman–Crippen LogP) is 3.79. The molecule has 0 unspecified atom stereocenters. The minimum absolute atomic E-state index is 0.172. The van der Waals surface area contributed by atoms with E-state index in [0.717, 1.165) is 29.9 Å². The molecule has 0 bridgehead atoms. The molecule has 0 spiro atoms. The molecule has 3 aromatic rings. The van der Waals surface area contributed by atoms with E-state index in [1.165, 1.54) is 7.11 Å². The predicted molar refractivity (Wildman–Crippen MR) is 177 cm³/mol. The van der Waals surface area contributed by atoms with Gasteiger partial charge in [0, 0.05) is 58.5 Å². The van der Waals surface area contributed by atoms with Crippen molar-refractivity contribution in [1.29, 1.82) is 5.26 Å². The Morgan fingerprint density at radius 2 is 1.66 bits per heavy atom. The van der Waals surface area contributed by atoms with Crippen LogP contribution in [0, 0.1) is 11.3 Å². The monoisotopic (exact) mass is 645 g/mol. The molecule has 1 amide bonds. The SMILES string of the molecule is COCCNc1nc(Nc2cccc(CN3CCN(C(=O)OC(C)(C)C)CC3)c2)nc(N[C@@H](Cc2ccc(C#N)cc2)C(=O)OC)n1. The van der Waals surface area contributed by atoms with Gasteiger partial charge >= 0.3 is 12.1 Å². The number of benzene rings is 2. The maximum atomic E-state index is 12.7. The summed E-state index contributed by atoms with van der Waals surface area (Å²) in [6, 6.07) is 16.2. The van der Waals surface area contributed by atoms with Crippen molar-refractivity contribution < 1.29 is 23.8 Å². The molecule has 1 aliphatic heterocycles. The first-order chi connectivity index (χ1) is 22.5. The van der Waals surface area contributed by atoms with Crippen LogP contribution in [-0.4, -0.2) is 102 Å². The third-order valence-corrected chi connectivity index (χ3v) is 7.15. The van der Waals surface area contributed by atoms with Gasteiger partial charge in [0.25, 0.3) is 0 Å². The largest absolute Gasteiger partial charge is 0.467 e. The number of nitriles is 1. The lowest BCUT2D eigenvalue weighted by molar-refractivity contribution is -0.141. The van der Waals surface area contributed by atoms with Gasteiger partial charge in [-0.15, -0.1) is 0 Å². The zero-order valence-corrected chi connectivity index (χ0v) is 27.6. The van der Waals surface area contributed by atoms with Crippen molar-refractivity contribution in [2.45, 2.75) is 45.4 Å². The number of hydrogen-bond acceptors (Lipinski definition) is 13. The lowest BCUT2D eigenvalue weighted by Gasteiger charge is -2.35. The van der Waals surface area contributed by atoms with Gasteiger partial charge in [-0.2, -0.15) is 20.2 Å². The molecule has 4 rings (SSSR count). The molecule has 2 heterocycles. The van der Waals surface area contributed by atoms with Crippen LogP contribution in [0.25, 0.3) is 0 Å². The second kappa shape index (κ2) is 16.5. The van der Waals surface area contributed by atoms with Crippen LogP contribution < -0.4 is 16.0 Å². The highest BCUT2D eigenvalue weighted by molar-refractivity contribution is 5.79. The van der Waals surface area contributed by atoms with Crippen molar-refractivity contribution in [3.63, 3.8) is 0 Å². The molecule has 250 valence electrons. The number of piperazine rings is 1. The van der Waals surface area contributed by atoms with Gasteiger partial charge in [0.1, 0.15) is 11.6 Å². The second-order valence-electron chi connectivity index (χ2n) is 12.0. The van der Waals surface area contributed by atoms with Crippen LogP contribution in [0.1, 0.15) is 37.5 Å². The fourth-order valence-corrected chi connectivity index (χ4v) is 4.83. The summed E-state index contributed by atoms with van der Waals surface area (Å²) in [5, 5.41) is 18.6. The Hall–Kier alpha value is -5.00. The molecule has 47 heavy (non-hydrogen) atoms. The Morgan fingerprint density at radius 1 is 0.957 bits per heavy atom. The number of nitrogens with zero attached hydrogens (tertiary/aromatic N) is 6. The van der Waals surface area contributed by atoms with Crippen LogP contribution in [0.2, 0.25) is 0 Å². The van der Waals surface area contributed by atoms with E-state index in [-0.39, 0.29) is 24.4 Å². The molecule has 1 saturated heterocycles. The van der Waals surface area contributed by atoms with Crippen molar-refractivity contribution in [3.05, 3.63) is 65.2 Å². The van der Waals surface area contributed by atoms with Crippen LogP contribution in [-0.2, 0) is 32.0 Å². The Labute approximate surface area is 275 Å². The van der Waals surface area contributed by atoms with Crippen LogP contribution >= 0.6 is 0 Å². The molecule has 1 atom stereocenters. The highest BCUT2D eigenvalue weighted by atomic mass is 16.6. The number of nitrogens with one attached hydrogen (secondary N) is 3. The quantitative estimate of drug-likeness (QED) is 0.182. The molecule has 14 heteroatoms. The third kappa shape index (κ3) is 11.1. The zero-order valence-electron chi connectivity index (χ0n) is 27.6. The number of methoxy groups -OCH3 is 2. The Bertz CT molecular complexity index is 1530. The fraction of sp³-hybridized carbons (Fsp3) is 0.455. The summed E-state index contributed by atoms with van der Waals surface area (Å²) >= 11 is 0. The van der Waals surface area contributed by atoms with Gasteiger partial charge in [-0.05, 0) is 56.2 Å². The maximum Gasteiger partial charge on any atom is 0.410 e. The smallest absolute Gasteiger partial charge is 0.410 e. The van der Waals surface area contributed by atoms with Gasteiger partial charge in [0.05, 0.1) is 25.3 Å². The van der Waals surface area contributed by atoms with E-state index in [1.807, 2.05) is 45.0 Å². The lowest BCUT2D eigenvalue weighted by Crippen LogP contribution is -2.49. The van der Waals surface area contributed by atoms with Gasteiger partial charge in [-0.1, -0.05) is 24.3 Å². The van der Waals surface area contributed by atoms with Gasteiger partial charge in [-0.25, -0.2) is 9.59 Å². The van der Waals surface area contributed by atoms with Crippen LogP contribution in [0.5, 0.6) is 0 Å². The van der Waals surface area contributed by atoms with E-state index < -0.39 is 17.6 Å². The summed E-state index contributed by atoms with van der Waals surface area (Å²) in [5.74, 6) is 0.249. The van der Waals surface area contributed by atoms with Gasteiger partial charge in [0.2, 0.25) is 17.8 Å². The molecule has 1 aromatic heterocycles. The number of esters is 1. The van der Waals surface area contributed by atoms with Crippen molar-refractivity contribution in [3.8, 4) is 6.07 Å². The van der Waals surface area contributed by atoms with Crippen LogP contribution in [0.15, 0.2) is 48.5 Å². The number of carbonyl (C=O) groups excluding carboxylic acids is 2. The van der Waals surface area contributed by atoms with E-state index in [2.05, 4.69) is 41.9 Å².